The van der Waals surface area contributed by atoms with Gasteiger partial charge >= 0.3 is 5.97 Å². The van der Waals surface area contributed by atoms with Crippen LogP contribution in [-0.4, -0.2) is 27.0 Å². The first-order chi connectivity index (χ1) is 10.7. The summed E-state index contributed by atoms with van der Waals surface area (Å²) in [4.78, 5) is 31.1. The predicted molar refractivity (Wildman–Crippen MR) is 78.6 cm³/mol. The molecule has 0 radical (unpaired) electrons. The second-order valence-corrected chi connectivity index (χ2v) is 5.18. The van der Waals surface area contributed by atoms with Gasteiger partial charge in [-0.3, -0.25) is 4.79 Å². The van der Waals surface area contributed by atoms with Crippen molar-refractivity contribution in [2.24, 2.45) is 0 Å². The molecule has 0 saturated carbocycles. The predicted octanol–water partition coefficient (Wildman–Crippen LogP) is 1.98. The molecule has 2 N–H and O–H groups in total. The maximum Gasteiger partial charge on any atom is 0.356 e. The van der Waals surface area contributed by atoms with Gasteiger partial charge in [0.2, 0.25) is 0 Å². The number of aromatic carboxylic acids is 1. The van der Waals surface area contributed by atoms with E-state index in [0.717, 1.165) is 24.8 Å². The van der Waals surface area contributed by atoms with Gasteiger partial charge in [0.25, 0.3) is 5.91 Å². The third kappa shape index (κ3) is 2.67. The molecule has 1 amide bonds. The molecule has 0 aliphatic heterocycles. The van der Waals surface area contributed by atoms with Gasteiger partial charge in [0.15, 0.2) is 11.4 Å². The Morgan fingerprint density at radius 2 is 1.86 bits per heavy atom. The maximum absolute atomic E-state index is 12.4. The van der Waals surface area contributed by atoms with E-state index in [0.29, 0.717) is 0 Å². The highest BCUT2D eigenvalue weighted by molar-refractivity contribution is 6.02. The molecular formula is C16H15N3O3. The van der Waals surface area contributed by atoms with E-state index in [1.54, 1.807) is 0 Å². The number of hydrogen-bond donors (Lipinski definition) is 2. The molecule has 1 aromatic carbocycles. The van der Waals surface area contributed by atoms with Crippen LogP contribution in [0.25, 0.3) is 0 Å². The lowest BCUT2D eigenvalue weighted by Crippen LogP contribution is -2.32. The zero-order valence-electron chi connectivity index (χ0n) is 11.8. The molecule has 0 saturated heterocycles. The van der Waals surface area contributed by atoms with Crippen LogP contribution in [0.3, 0.4) is 0 Å². The molecule has 1 atom stereocenters. The second-order valence-electron chi connectivity index (χ2n) is 5.18. The van der Waals surface area contributed by atoms with E-state index in [-0.39, 0.29) is 17.4 Å². The van der Waals surface area contributed by atoms with Gasteiger partial charge < -0.3 is 10.4 Å². The van der Waals surface area contributed by atoms with Crippen molar-refractivity contribution < 1.29 is 14.7 Å². The third-order valence-corrected chi connectivity index (χ3v) is 3.79. The Morgan fingerprint density at radius 1 is 1.14 bits per heavy atom. The Labute approximate surface area is 127 Å². The molecule has 0 fully saturated rings. The monoisotopic (exact) mass is 297 g/mol. The standard InChI is InChI=1S/C16H15N3O3/c20-15(13-14(16(21)22)18-9-8-17-13)19-12-7-3-5-10-4-1-2-6-11(10)12/h1-2,4,6,8-9,12H,3,5,7H2,(H,19,20)(H,21,22). The summed E-state index contributed by atoms with van der Waals surface area (Å²) in [6.45, 7) is 0. The molecule has 112 valence electrons. The first kappa shape index (κ1) is 14.2. The molecule has 1 aromatic heterocycles. The summed E-state index contributed by atoms with van der Waals surface area (Å²) in [7, 11) is 0. The van der Waals surface area contributed by atoms with Crippen LogP contribution in [-0.2, 0) is 6.42 Å². The Bertz CT molecular complexity index is 730. The van der Waals surface area contributed by atoms with E-state index >= 15 is 0 Å². The molecule has 6 heteroatoms. The van der Waals surface area contributed by atoms with Crippen LogP contribution in [0.15, 0.2) is 36.7 Å². The maximum atomic E-state index is 12.4. The summed E-state index contributed by atoms with van der Waals surface area (Å²) in [5, 5.41) is 12.0. The zero-order chi connectivity index (χ0) is 15.5. The number of aromatic nitrogens is 2. The number of amides is 1. The van der Waals surface area contributed by atoms with Crippen molar-refractivity contribution in [2.75, 3.05) is 0 Å². The Hall–Kier alpha value is -2.76. The lowest BCUT2D eigenvalue weighted by molar-refractivity contribution is 0.0682. The van der Waals surface area contributed by atoms with E-state index in [1.165, 1.54) is 18.0 Å². The molecule has 0 spiro atoms. The van der Waals surface area contributed by atoms with Crippen molar-refractivity contribution in [3.63, 3.8) is 0 Å². The first-order valence-electron chi connectivity index (χ1n) is 7.10. The van der Waals surface area contributed by atoms with Gasteiger partial charge in [0.1, 0.15) is 0 Å². The quantitative estimate of drug-likeness (QED) is 0.903. The van der Waals surface area contributed by atoms with Gasteiger partial charge in [0.05, 0.1) is 6.04 Å². The number of carboxylic acids is 1. The normalized spacial score (nSPS) is 16.6. The number of hydrogen-bond acceptors (Lipinski definition) is 4. The van der Waals surface area contributed by atoms with Crippen LogP contribution >= 0.6 is 0 Å². The van der Waals surface area contributed by atoms with Gasteiger partial charge in [-0.1, -0.05) is 24.3 Å². The summed E-state index contributed by atoms with van der Waals surface area (Å²) < 4.78 is 0. The molecule has 2 aromatic rings. The van der Waals surface area contributed by atoms with Crippen LogP contribution in [0, 0.1) is 0 Å². The van der Waals surface area contributed by atoms with Crippen molar-refractivity contribution >= 4 is 11.9 Å². The lowest BCUT2D eigenvalue weighted by atomic mass is 9.87. The molecule has 22 heavy (non-hydrogen) atoms. The van der Waals surface area contributed by atoms with E-state index in [2.05, 4.69) is 21.4 Å². The van der Waals surface area contributed by atoms with Gasteiger partial charge in [-0.15, -0.1) is 0 Å². The van der Waals surface area contributed by atoms with Gasteiger partial charge in [-0.2, -0.15) is 0 Å². The fourth-order valence-electron chi connectivity index (χ4n) is 2.79. The minimum absolute atomic E-state index is 0.124. The highest BCUT2D eigenvalue weighted by atomic mass is 16.4. The van der Waals surface area contributed by atoms with Gasteiger partial charge in [0, 0.05) is 12.4 Å². The summed E-state index contributed by atoms with van der Waals surface area (Å²) in [6.07, 6.45) is 5.38. The number of benzene rings is 1. The summed E-state index contributed by atoms with van der Waals surface area (Å²) >= 11 is 0. The van der Waals surface area contributed by atoms with Crippen LogP contribution < -0.4 is 5.32 Å². The van der Waals surface area contributed by atoms with Crippen LogP contribution in [0.1, 0.15) is 51.0 Å². The lowest BCUT2D eigenvalue weighted by Gasteiger charge is -2.26. The molecule has 1 heterocycles. The molecule has 1 unspecified atom stereocenters. The number of fused-ring (bicyclic) bond motifs is 1. The van der Waals surface area contributed by atoms with Crippen LogP contribution in [0.5, 0.6) is 0 Å². The average Bonchev–Trinajstić information content (AvgIpc) is 2.55. The molecule has 1 aliphatic carbocycles. The van der Waals surface area contributed by atoms with Crippen LogP contribution in [0.2, 0.25) is 0 Å². The number of carbonyl (C=O) groups is 2. The molecule has 0 bridgehead atoms. The van der Waals surface area contributed by atoms with E-state index in [9.17, 15) is 9.59 Å². The minimum atomic E-state index is -1.26. The fourth-order valence-corrected chi connectivity index (χ4v) is 2.79. The molecule has 1 aliphatic rings. The second kappa shape index (κ2) is 5.93. The molecule has 6 nitrogen and oxygen atoms in total. The highest BCUT2D eigenvalue weighted by Gasteiger charge is 2.25. The Balaban J connectivity index is 1.86. The largest absolute Gasteiger partial charge is 0.476 e. The summed E-state index contributed by atoms with van der Waals surface area (Å²) in [5.74, 6) is -1.77. The smallest absolute Gasteiger partial charge is 0.356 e. The van der Waals surface area contributed by atoms with Crippen molar-refractivity contribution in [2.45, 2.75) is 25.3 Å². The summed E-state index contributed by atoms with van der Waals surface area (Å²) in [6, 6.07) is 7.84. The molecule has 3 rings (SSSR count). The zero-order valence-corrected chi connectivity index (χ0v) is 11.8. The van der Waals surface area contributed by atoms with E-state index < -0.39 is 11.9 Å². The molecular weight excluding hydrogens is 282 g/mol. The fraction of sp³-hybridized carbons (Fsp3) is 0.250. The van der Waals surface area contributed by atoms with Crippen molar-refractivity contribution in [3.05, 3.63) is 59.2 Å². The highest BCUT2D eigenvalue weighted by Crippen LogP contribution is 2.29. The number of nitrogens with one attached hydrogen (secondary N) is 1. The third-order valence-electron chi connectivity index (χ3n) is 3.79. The van der Waals surface area contributed by atoms with E-state index in [1.807, 2.05) is 18.2 Å². The van der Waals surface area contributed by atoms with Crippen molar-refractivity contribution in [1.82, 2.24) is 15.3 Å². The number of rotatable bonds is 3. The SMILES string of the molecule is O=C(O)c1nccnc1C(=O)NC1CCCc2ccccc21. The van der Waals surface area contributed by atoms with Crippen molar-refractivity contribution in [3.8, 4) is 0 Å². The topological polar surface area (TPSA) is 92.2 Å². The minimum Gasteiger partial charge on any atom is -0.476 e. The Morgan fingerprint density at radius 3 is 2.64 bits per heavy atom. The number of carbonyl (C=O) groups excluding carboxylic acids is 1. The van der Waals surface area contributed by atoms with E-state index in [4.69, 9.17) is 5.11 Å². The van der Waals surface area contributed by atoms with Crippen molar-refractivity contribution in [1.29, 1.82) is 0 Å². The number of carboxylic acid groups (broad SMARTS) is 1. The number of aryl methyl sites for hydroxylation is 1. The van der Waals surface area contributed by atoms with Gasteiger partial charge in [-0.05, 0) is 30.4 Å². The number of nitrogens with zero attached hydrogens (tertiary/aromatic N) is 2. The first-order valence-corrected chi connectivity index (χ1v) is 7.10. The average molecular weight is 297 g/mol. The van der Waals surface area contributed by atoms with Crippen LogP contribution in [0.4, 0.5) is 0 Å². The van der Waals surface area contributed by atoms with Gasteiger partial charge in [-0.25, -0.2) is 14.8 Å². The summed E-state index contributed by atoms with van der Waals surface area (Å²) in [5.41, 5.74) is 1.82. The Kier molecular flexibility index (Phi) is 3.82.